The molecular weight excluding hydrogens is 574 g/mol. The first kappa shape index (κ1) is 27.0. The van der Waals surface area contributed by atoms with E-state index in [2.05, 4.69) is 127 Å². The van der Waals surface area contributed by atoms with Crippen LogP contribution in [0.4, 0.5) is 0 Å². The topological polar surface area (TPSA) is 51.8 Å². The van der Waals surface area contributed by atoms with Crippen LogP contribution in [0.1, 0.15) is 0 Å². The second-order valence-corrected chi connectivity index (χ2v) is 11.6. The van der Waals surface area contributed by atoms with Gasteiger partial charge >= 0.3 is 0 Å². The maximum atomic E-state index is 6.41. The van der Waals surface area contributed by atoms with Crippen LogP contribution in [0.5, 0.6) is 0 Å². The van der Waals surface area contributed by atoms with E-state index in [1.54, 1.807) is 0 Å². The fraction of sp³-hybridized carbons (Fsp3) is 0. The Morgan fingerprint density at radius 2 is 0.851 bits per heavy atom. The lowest BCUT2D eigenvalue weighted by Crippen LogP contribution is -2.01. The van der Waals surface area contributed by atoms with Gasteiger partial charge in [0.2, 0.25) is 0 Å². The Labute approximate surface area is 271 Å². The molecule has 0 N–H and O–H groups in total. The molecule has 0 fully saturated rings. The largest absolute Gasteiger partial charge is 0.455 e. The molecule has 0 unspecified atom stereocenters. The first-order valence-electron chi connectivity index (χ1n) is 15.7. The van der Waals surface area contributed by atoms with Gasteiger partial charge < -0.3 is 4.42 Å². The van der Waals surface area contributed by atoms with Crippen LogP contribution in [0.15, 0.2) is 168 Å². The molecule has 0 spiro atoms. The molecule has 0 saturated carbocycles. The molecule has 9 rings (SSSR count). The number of hydrogen-bond acceptors (Lipinski definition) is 4. The van der Waals surface area contributed by atoms with Gasteiger partial charge in [0.1, 0.15) is 11.2 Å². The van der Waals surface area contributed by atoms with Crippen LogP contribution in [0, 0.1) is 0 Å². The van der Waals surface area contributed by atoms with Crippen LogP contribution < -0.4 is 0 Å². The number of hydrogen-bond donors (Lipinski definition) is 0. The average molecular weight is 602 g/mol. The highest BCUT2D eigenvalue weighted by Gasteiger charge is 2.18. The van der Waals surface area contributed by atoms with E-state index in [1.807, 2.05) is 36.4 Å². The van der Waals surface area contributed by atoms with Crippen molar-refractivity contribution in [1.29, 1.82) is 0 Å². The quantitative estimate of drug-likeness (QED) is 0.197. The fourth-order valence-corrected chi connectivity index (χ4v) is 6.50. The van der Waals surface area contributed by atoms with Gasteiger partial charge in [-0.3, -0.25) is 0 Å². The highest BCUT2D eigenvalue weighted by molar-refractivity contribution is 6.17. The molecule has 2 heterocycles. The van der Waals surface area contributed by atoms with Crippen molar-refractivity contribution in [3.05, 3.63) is 164 Å². The Kier molecular flexibility index (Phi) is 6.43. The zero-order valence-electron chi connectivity index (χ0n) is 25.3. The van der Waals surface area contributed by atoms with Crippen LogP contribution in [-0.2, 0) is 0 Å². The Morgan fingerprint density at radius 1 is 0.319 bits per heavy atom. The highest BCUT2D eigenvalue weighted by Crippen LogP contribution is 2.38. The summed E-state index contributed by atoms with van der Waals surface area (Å²) in [6.07, 6.45) is 0. The summed E-state index contributed by atoms with van der Waals surface area (Å²) in [5, 5.41) is 4.25. The van der Waals surface area contributed by atoms with Crippen molar-refractivity contribution in [2.45, 2.75) is 0 Å². The van der Waals surface area contributed by atoms with E-state index < -0.39 is 0 Å². The van der Waals surface area contributed by atoms with Gasteiger partial charge in [-0.05, 0) is 45.8 Å². The SMILES string of the molecule is c1ccc(-c2cccc(-c3nc(-c4ccccc4-c4ccccc4)nc(-c4cccc5c4ccc4c6ccccc6oc54)n3)c2)cc1. The molecule has 2 aromatic heterocycles. The lowest BCUT2D eigenvalue weighted by atomic mass is 9.98. The summed E-state index contributed by atoms with van der Waals surface area (Å²) in [4.78, 5) is 15.5. The van der Waals surface area contributed by atoms with Crippen LogP contribution in [0.2, 0.25) is 0 Å². The van der Waals surface area contributed by atoms with Gasteiger partial charge in [-0.25, -0.2) is 15.0 Å². The van der Waals surface area contributed by atoms with Crippen molar-refractivity contribution in [3.63, 3.8) is 0 Å². The average Bonchev–Trinajstić information content (AvgIpc) is 3.54. The Balaban J connectivity index is 1.29. The second-order valence-electron chi connectivity index (χ2n) is 11.6. The van der Waals surface area contributed by atoms with E-state index in [-0.39, 0.29) is 0 Å². The van der Waals surface area contributed by atoms with Crippen molar-refractivity contribution in [1.82, 2.24) is 15.0 Å². The third-order valence-corrected chi connectivity index (χ3v) is 8.76. The zero-order chi connectivity index (χ0) is 31.2. The monoisotopic (exact) mass is 601 g/mol. The van der Waals surface area contributed by atoms with Gasteiger partial charge in [0.25, 0.3) is 0 Å². The summed E-state index contributed by atoms with van der Waals surface area (Å²) in [5.74, 6) is 1.85. The third kappa shape index (κ3) is 4.75. The first-order chi connectivity index (χ1) is 23.3. The van der Waals surface area contributed by atoms with Crippen LogP contribution in [0.3, 0.4) is 0 Å². The number of rotatable bonds is 5. The maximum absolute atomic E-state index is 6.41. The van der Waals surface area contributed by atoms with Gasteiger partial charge in [0.05, 0.1) is 0 Å². The molecule has 0 radical (unpaired) electrons. The molecule has 0 saturated heterocycles. The van der Waals surface area contributed by atoms with E-state index >= 15 is 0 Å². The molecule has 4 nitrogen and oxygen atoms in total. The smallest absolute Gasteiger partial charge is 0.164 e. The molecule has 0 amide bonds. The zero-order valence-corrected chi connectivity index (χ0v) is 25.3. The lowest BCUT2D eigenvalue weighted by Gasteiger charge is -2.13. The summed E-state index contributed by atoms with van der Waals surface area (Å²) in [6, 6.07) is 56.2. The number of furan rings is 1. The molecule has 7 aromatic carbocycles. The Hall–Kier alpha value is -6.39. The van der Waals surface area contributed by atoms with E-state index in [0.717, 1.165) is 71.7 Å². The van der Waals surface area contributed by atoms with Crippen LogP contribution in [0.25, 0.3) is 89.1 Å². The van der Waals surface area contributed by atoms with E-state index in [1.165, 1.54) is 0 Å². The summed E-state index contributed by atoms with van der Waals surface area (Å²) >= 11 is 0. The van der Waals surface area contributed by atoms with Gasteiger partial charge in [-0.1, -0.05) is 146 Å². The van der Waals surface area contributed by atoms with E-state index in [9.17, 15) is 0 Å². The lowest BCUT2D eigenvalue weighted by molar-refractivity contribution is 0.672. The van der Waals surface area contributed by atoms with Crippen LogP contribution in [-0.4, -0.2) is 15.0 Å². The Morgan fingerprint density at radius 3 is 1.68 bits per heavy atom. The second kappa shape index (κ2) is 11.2. The molecule has 0 bridgehead atoms. The molecule has 0 atom stereocenters. The normalized spacial score (nSPS) is 11.4. The van der Waals surface area contributed by atoms with E-state index in [4.69, 9.17) is 19.4 Å². The predicted molar refractivity (Wildman–Crippen MR) is 192 cm³/mol. The van der Waals surface area contributed by atoms with Gasteiger partial charge in [-0.2, -0.15) is 0 Å². The van der Waals surface area contributed by atoms with E-state index in [0.29, 0.717) is 17.5 Å². The minimum atomic E-state index is 0.610. The summed E-state index contributed by atoms with van der Waals surface area (Å²) < 4.78 is 6.41. The molecule has 0 aliphatic carbocycles. The molecule has 220 valence electrons. The third-order valence-electron chi connectivity index (χ3n) is 8.76. The highest BCUT2D eigenvalue weighted by atomic mass is 16.3. The van der Waals surface area contributed by atoms with Crippen molar-refractivity contribution in [2.75, 3.05) is 0 Å². The molecule has 9 aromatic rings. The van der Waals surface area contributed by atoms with Gasteiger partial charge in [0.15, 0.2) is 17.5 Å². The predicted octanol–water partition coefficient (Wildman–Crippen LogP) is 11.3. The van der Waals surface area contributed by atoms with Crippen LogP contribution >= 0.6 is 0 Å². The number of para-hydroxylation sites is 1. The molecule has 47 heavy (non-hydrogen) atoms. The standard InChI is InChI=1S/C43H27N3O/c1-3-13-28(14-4-1)30-17-11-18-31(27-30)41-44-42(37-21-8-7-19-32(37)29-15-5-2-6-16-29)46-43(45-41)38-23-12-22-35-33(38)25-26-36-34-20-9-10-24-39(34)47-40(35)36/h1-27H. The first-order valence-corrected chi connectivity index (χ1v) is 15.7. The number of aromatic nitrogens is 3. The van der Waals surface area contributed by atoms with Crippen molar-refractivity contribution >= 4 is 32.7 Å². The molecule has 0 aliphatic rings. The summed E-state index contributed by atoms with van der Waals surface area (Å²) in [6.45, 7) is 0. The minimum absolute atomic E-state index is 0.610. The molecular formula is C43H27N3O. The number of fused-ring (bicyclic) bond motifs is 5. The fourth-order valence-electron chi connectivity index (χ4n) is 6.50. The molecule has 0 aliphatic heterocycles. The maximum Gasteiger partial charge on any atom is 0.164 e. The van der Waals surface area contributed by atoms with Crippen molar-refractivity contribution in [2.24, 2.45) is 0 Å². The number of benzene rings is 7. The van der Waals surface area contributed by atoms with Crippen molar-refractivity contribution in [3.8, 4) is 56.4 Å². The summed E-state index contributed by atoms with van der Waals surface area (Å²) in [5.41, 5.74) is 8.95. The Bertz CT molecular complexity index is 2570. The van der Waals surface area contributed by atoms with Gasteiger partial charge in [0, 0.05) is 32.8 Å². The van der Waals surface area contributed by atoms with Crippen molar-refractivity contribution < 1.29 is 4.42 Å². The van der Waals surface area contributed by atoms with Gasteiger partial charge in [-0.15, -0.1) is 0 Å². The number of nitrogens with zero attached hydrogens (tertiary/aromatic N) is 3. The molecule has 4 heteroatoms. The minimum Gasteiger partial charge on any atom is -0.455 e. The summed E-state index contributed by atoms with van der Waals surface area (Å²) in [7, 11) is 0.